The third kappa shape index (κ3) is 1.18. The lowest BCUT2D eigenvalue weighted by atomic mass is 9.90. The Morgan fingerprint density at radius 1 is 1.20 bits per heavy atom. The fraction of sp³-hybridized carbons (Fsp3) is 1.00. The molecule has 10 heavy (non-hydrogen) atoms. The molecule has 2 heteroatoms. The highest BCUT2D eigenvalue weighted by Crippen LogP contribution is 2.31. The van der Waals surface area contributed by atoms with Crippen LogP contribution in [0.3, 0.4) is 0 Å². The summed E-state index contributed by atoms with van der Waals surface area (Å²) in [6.45, 7) is 6.49. The molecule has 0 aliphatic carbocycles. The largest absolute Gasteiger partial charge is 0.396 e. The van der Waals surface area contributed by atoms with Gasteiger partial charge in [0, 0.05) is 12.5 Å². The van der Waals surface area contributed by atoms with Crippen LogP contribution in [-0.4, -0.2) is 23.9 Å². The van der Waals surface area contributed by atoms with Gasteiger partial charge in [0.15, 0.2) is 0 Å². The Morgan fingerprint density at radius 2 is 1.80 bits per heavy atom. The Balaban J connectivity index is 2.55. The molecule has 1 rings (SSSR count). The van der Waals surface area contributed by atoms with Crippen LogP contribution in [0.1, 0.15) is 20.8 Å². The molecule has 0 saturated carbocycles. The Morgan fingerprint density at radius 3 is 2.00 bits per heavy atom. The molecule has 1 N–H and O–H groups in total. The van der Waals surface area contributed by atoms with Crippen molar-refractivity contribution in [2.45, 2.75) is 33.0 Å². The van der Waals surface area contributed by atoms with E-state index in [-0.39, 0.29) is 12.7 Å². The van der Waals surface area contributed by atoms with E-state index in [1.165, 1.54) is 0 Å². The van der Waals surface area contributed by atoms with E-state index in [0.717, 1.165) is 0 Å². The lowest BCUT2D eigenvalue weighted by Gasteiger charge is -2.13. The van der Waals surface area contributed by atoms with E-state index in [0.29, 0.717) is 17.9 Å². The molecule has 0 bridgehead atoms. The van der Waals surface area contributed by atoms with Crippen molar-refractivity contribution in [2.75, 3.05) is 6.61 Å². The third-order valence-electron chi connectivity index (χ3n) is 2.66. The SMILES string of the molecule is C[C@H]1[C@H](CO)[C@@H](C)O[C@H]1C. The molecule has 4 atom stereocenters. The molecule has 2 nitrogen and oxygen atoms in total. The van der Waals surface area contributed by atoms with Crippen LogP contribution in [0, 0.1) is 11.8 Å². The van der Waals surface area contributed by atoms with Gasteiger partial charge < -0.3 is 9.84 Å². The maximum atomic E-state index is 8.94. The summed E-state index contributed by atoms with van der Waals surface area (Å²) in [6.07, 6.45) is 0.544. The molecule has 1 aliphatic rings. The molecule has 1 aliphatic heterocycles. The minimum Gasteiger partial charge on any atom is -0.396 e. The van der Waals surface area contributed by atoms with E-state index in [4.69, 9.17) is 9.84 Å². The molecule has 1 fully saturated rings. The zero-order valence-corrected chi connectivity index (χ0v) is 6.87. The summed E-state index contributed by atoms with van der Waals surface area (Å²) in [5.41, 5.74) is 0. The molecule has 0 amide bonds. The summed E-state index contributed by atoms with van der Waals surface area (Å²) >= 11 is 0. The highest BCUT2D eigenvalue weighted by Gasteiger charge is 2.35. The van der Waals surface area contributed by atoms with Crippen LogP contribution < -0.4 is 0 Å². The first-order valence-corrected chi connectivity index (χ1v) is 3.93. The quantitative estimate of drug-likeness (QED) is 0.595. The highest BCUT2D eigenvalue weighted by atomic mass is 16.5. The molecular formula is C8H16O2. The van der Waals surface area contributed by atoms with Crippen molar-refractivity contribution in [1.82, 2.24) is 0 Å². The van der Waals surface area contributed by atoms with Crippen LogP contribution in [0.4, 0.5) is 0 Å². The molecule has 0 aromatic rings. The molecule has 60 valence electrons. The van der Waals surface area contributed by atoms with Crippen molar-refractivity contribution in [3.05, 3.63) is 0 Å². The average molecular weight is 144 g/mol. The molecule has 1 saturated heterocycles. The van der Waals surface area contributed by atoms with Crippen molar-refractivity contribution in [2.24, 2.45) is 11.8 Å². The van der Waals surface area contributed by atoms with Crippen molar-refractivity contribution in [1.29, 1.82) is 0 Å². The number of hydrogen-bond donors (Lipinski definition) is 1. The minimum atomic E-state index is 0.231. The summed E-state index contributed by atoms with van der Waals surface area (Å²) in [7, 11) is 0. The van der Waals surface area contributed by atoms with Gasteiger partial charge in [-0.2, -0.15) is 0 Å². The lowest BCUT2D eigenvalue weighted by Crippen LogP contribution is -2.20. The Labute approximate surface area is 62.2 Å². The molecule has 0 aromatic heterocycles. The predicted octanol–water partition coefficient (Wildman–Crippen LogP) is 1.04. The third-order valence-corrected chi connectivity index (χ3v) is 2.66. The fourth-order valence-corrected chi connectivity index (χ4v) is 1.65. The second-order valence-electron chi connectivity index (χ2n) is 3.25. The van der Waals surface area contributed by atoms with E-state index in [1.807, 2.05) is 6.92 Å². The summed E-state index contributed by atoms with van der Waals surface area (Å²) in [4.78, 5) is 0. The van der Waals surface area contributed by atoms with Crippen molar-refractivity contribution >= 4 is 0 Å². The Bertz CT molecular complexity index is 114. The molecule has 0 spiro atoms. The van der Waals surface area contributed by atoms with E-state index in [9.17, 15) is 0 Å². The van der Waals surface area contributed by atoms with Crippen LogP contribution in [0.5, 0.6) is 0 Å². The number of aliphatic hydroxyl groups excluding tert-OH is 1. The number of rotatable bonds is 1. The van der Waals surface area contributed by atoms with Gasteiger partial charge in [-0.05, 0) is 19.8 Å². The van der Waals surface area contributed by atoms with Crippen molar-refractivity contribution < 1.29 is 9.84 Å². The minimum absolute atomic E-state index is 0.231. The van der Waals surface area contributed by atoms with Crippen LogP contribution in [0.25, 0.3) is 0 Å². The van der Waals surface area contributed by atoms with Crippen molar-refractivity contribution in [3.63, 3.8) is 0 Å². The van der Waals surface area contributed by atoms with E-state index >= 15 is 0 Å². The van der Waals surface area contributed by atoms with Crippen LogP contribution in [0.2, 0.25) is 0 Å². The zero-order valence-electron chi connectivity index (χ0n) is 6.87. The standard InChI is InChI=1S/C8H16O2/c1-5-6(2)10-7(3)8(5)4-9/h5-9H,4H2,1-3H3/t5-,6+,7-,8+/m1/s1. The first kappa shape index (κ1) is 8.02. The van der Waals surface area contributed by atoms with E-state index in [2.05, 4.69) is 13.8 Å². The zero-order chi connectivity index (χ0) is 7.72. The summed E-state index contributed by atoms with van der Waals surface area (Å²) in [5, 5.41) is 8.94. The van der Waals surface area contributed by atoms with Gasteiger partial charge in [0.05, 0.1) is 12.2 Å². The van der Waals surface area contributed by atoms with Gasteiger partial charge in [-0.25, -0.2) is 0 Å². The number of ether oxygens (including phenoxy) is 1. The van der Waals surface area contributed by atoms with Gasteiger partial charge in [0.25, 0.3) is 0 Å². The summed E-state index contributed by atoms with van der Waals surface area (Å²) in [5.74, 6) is 0.843. The van der Waals surface area contributed by atoms with Gasteiger partial charge in [-0.1, -0.05) is 6.92 Å². The second-order valence-corrected chi connectivity index (χ2v) is 3.25. The molecule has 1 heterocycles. The predicted molar refractivity (Wildman–Crippen MR) is 39.7 cm³/mol. The van der Waals surface area contributed by atoms with Crippen LogP contribution >= 0.6 is 0 Å². The van der Waals surface area contributed by atoms with Gasteiger partial charge >= 0.3 is 0 Å². The van der Waals surface area contributed by atoms with Gasteiger partial charge in [0.1, 0.15) is 0 Å². The van der Waals surface area contributed by atoms with E-state index < -0.39 is 0 Å². The first-order valence-electron chi connectivity index (χ1n) is 3.93. The Kier molecular flexibility index (Phi) is 2.32. The monoisotopic (exact) mass is 144 g/mol. The number of aliphatic hydroxyl groups is 1. The van der Waals surface area contributed by atoms with Crippen LogP contribution in [0.15, 0.2) is 0 Å². The normalized spacial score (nSPS) is 48.0. The summed E-state index contributed by atoms with van der Waals surface area (Å²) in [6, 6.07) is 0. The topological polar surface area (TPSA) is 29.5 Å². The molecule has 0 aromatic carbocycles. The maximum absolute atomic E-state index is 8.94. The van der Waals surface area contributed by atoms with E-state index in [1.54, 1.807) is 0 Å². The fourth-order valence-electron chi connectivity index (χ4n) is 1.65. The van der Waals surface area contributed by atoms with Gasteiger partial charge in [-0.3, -0.25) is 0 Å². The maximum Gasteiger partial charge on any atom is 0.0604 e. The smallest absolute Gasteiger partial charge is 0.0604 e. The van der Waals surface area contributed by atoms with Gasteiger partial charge in [-0.15, -0.1) is 0 Å². The second kappa shape index (κ2) is 2.89. The average Bonchev–Trinajstić information content (AvgIpc) is 2.09. The molecular weight excluding hydrogens is 128 g/mol. The van der Waals surface area contributed by atoms with Crippen molar-refractivity contribution in [3.8, 4) is 0 Å². The van der Waals surface area contributed by atoms with Crippen LogP contribution in [-0.2, 0) is 4.74 Å². The Hall–Kier alpha value is -0.0800. The lowest BCUT2D eigenvalue weighted by molar-refractivity contribution is 0.0449. The first-order chi connectivity index (χ1) is 4.66. The highest BCUT2D eigenvalue weighted by molar-refractivity contribution is 4.82. The number of hydrogen-bond acceptors (Lipinski definition) is 2. The van der Waals surface area contributed by atoms with Gasteiger partial charge in [0.2, 0.25) is 0 Å². The molecule has 0 unspecified atom stereocenters. The summed E-state index contributed by atoms with van der Waals surface area (Å²) < 4.78 is 5.52. The molecule has 0 radical (unpaired) electrons.